The summed E-state index contributed by atoms with van der Waals surface area (Å²) in [5.74, 6) is 0. The summed E-state index contributed by atoms with van der Waals surface area (Å²) < 4.78 is 37.4. The Bertz CT molecular complexity index is 354. The summed E-state index contributed by atoms with van der Waals surface area (Å²) in [6.45, 7) is -0.655. The van der Waals surface area contributed by atoms with Crippen molar-refractivity contribution < 1.29 is 18.3 Å². The van der Waals surface area contributed by atoms with E-state index in [9.17, 15) is 13.2 Å². The van der Waals surface area contributed by atoms with E-state index in [1.807, 2.05) is 0 Å². The van der Waals surface area contributed by atoms with Crippen LogP contribution in [0.4, 0.5) is 13.2 Å². The average molecular weight is 237 g/mol. The van der Waals surface area contributed by atoms with Crippen LogP contribution in [0.1, 0.15) is 5.56 Å². The van der Waals surface area contributed by atoms with Crippen LogP contribution in [-0.4, -0.2) is 17.9 Å². The standard InChI is InChI=1S/C10H8ClF3O/c11-8-3-1-7(2-4-8)9(5-6-15)10(12,13)14/h1-5,15H,6H2/b9-5+. The SMILES string of the molecule is OC/C=C(\c1ccc(Cl)cc1)C(F)(F)F. The van der Waals surface area contributed by atoms with Crippen LogP contribution in [0.2, 0.25) is 5.02 Å². The summed E-state index contributed by atoms with van der Waals surface area (Å²) in [6.07, 6.45) is -3.75. The third-order valence-electron chi connectivity index (χ3n) is 1.76. The fourth-order valence-electron chi connectivity index (χ4n) is 1.12. The lowest BCUT2D eigenvalue weighted by atomic mass is 10.1. The molecule has 0 aliphatic rings. The molecular weight excluding hydrogens is 229 g/mol. The minimum atomic E-state index is -4.48. The monoisotopic (exact) mass is 236 g/mol. The first-order chi connectivity index (χ1) is 6.95. The highest BCUT2D eigenvalue weighted by molar-refractivity contribution is 6.30. The summed E-state index contributed by atoms with van der Waals surface area (Å²) in [6, 6.07) is 5.26. The van der Waals surface area contributed by atoms with Gasteiger partial charge in [-0.1, -0.05) is 23.7 Å². The molecule has 0 aromatic heterocycles. The number of rotatable bonds is 2. The average Bonchev–Trinajstić information content (AvgIpc) is 2.14. The van der Waals surface area contributed by atoms with E-state index >= 15 is 0 Å². The van der Waals surface area contributed by atoms with Gasteiger partial charge in [0.1, 0.15) is 0 Å². The molecule has 0 aliphatic heterocycles. The predicted molar refractivity (Wildman–Crippen MR) is 52.6 cm³/mol. The van der Waals surface area contributed by atoms with Crippen molar-refractivity contribution in [2.45, 2.75) is 6.18 Å². The van der Waals surface area contributed by atoms with E-state index < -0.39 is 18.4 Å². The Morgan fingerprint density at radius 2 is 1.80 bits per heavy atom. The second-order valence-corrected chi connectivity index (χ2v) is 3.24. The van der Waals surface area contributed by atoms with Gasteiger partial charge in [-0.3, -0.25) is 0 Å². The highest BCUT2D eigenvalue weighted by atomic mass is 35.5. The molecule has 0 bridgehead atoms. The Balaban J connectivity index is 3.11. The highest BCUT2D eigenvalue weighted by Crippen LogP contribution is 2.33. The fourth-order valence-corrected chi connectivity index (χ4v) is 1.24. The molecule has 0 amide bonds. The van der Waals surface area contributed by atoms with E-state index in [2.05, 4.69) is 0 Å². The second kappa shape index (κ2) is 4.68. The van der Waals surface area contributed by atoms with Crippen molar-refractivity contribution in [3.05, 3.63) is 40.9 Å². The van der Waals surface area contributed by atoms with Gasteiger partial charge in [-0.15, -0.1) is 0 Å². The smallest absolute Gasteiger partial charge is 0.392 e. The lowest BCUT2D eigenvalue weighted by Gasteiger charge is -2.11. The van der Waals surface area contributed by atoms with Gasteiger partial charge < -0.3 is 5.11 Å². The van der Waals surface area contributed by atoms with Gasteiger partial charge >= 0.3 is 6.18 Å². The quantitative estimate of drug-likeness (QED) is 0.836. The van der Waals surface area contributed by atoms with E-state index in [4.69, 9.17) is 16.7 Å². The molecule has 0 fully saturated rings. The zero-order valence-corrected chi connectivity index (χ0v) is 8.31. The molecular formula is C10H8ClF3O. The van der Waals surface area contributed by atoms with E-state index in [1.165, 1.54) is 24.3 Å². The van der Waals surface area contributed by atoms with Gasteiger partial charge in [-0.2, -0.15) is 13.2 Å². The molecule has 1 N–H and O–H groups in total. The molecule has 15 heavy (non-hydrogen) atoms. The number of alkyl halides is 3. The molecule has 0 spiro atoms. The van der Waals surface area contributed by atoms with Crippen molar-refractivity contribution in [3.8, 4) is 0 Å². The van der Waals surface area contributed by atoms with Crippen molar-refractivity contribution in [1.82, 2.24) is 0 Å². The molecule has 1 rings (SSSR count). The zero-order valence-electron chi connectivity index (χ0n) is 7.55. The van der Waals surface area contributed by atoms with Gasteiger partial charge in [0, 0.05) is 5.02 Å². The molecule has 1 aromatic rings. The molecule has 0 heterocycles. The maximum Gasteiger partial charge on any atom is 0.416 e. The van der Waals surface area contributed by atoms with Crippen molar-refractivity contribution in [3.63, 3.8) is 0 Å². The third-order valence-corrected chi connectivity index (χ3v) is 2.01. The Morgan fingerprint density at radius 1 is 1.27 bits per heavy atom. The number of benzene rings is 1. The number of aliphatic hydroxyl groups is 1. The summed E-state index contributed by atoms with van der Waals surface area (Å²) >= 11 is 5.56. The Morgan fingerprint density at radius 3 is 2.20 bits per heavy atom. The summed E-state index contributed by atoms with van der Waals surface area (Å²) in [4.78, 5) is 0. The Hall–Kier alpha value is -1.00. The van der Waals surface area contributed by atoms with Crippen LogP contribution in [0, 0.1) is 0 Å². The number of halogens is 4. The van der Waals surface area contributed by atoms with Crippen LogP contribution in [0.15, 0.2) is 30.3 Å². The van der Waals surface area contributed by atoms with Crippen LogP contribution in [0.3, 0.4) is 0 Å². The van der Waals surface area contributed by atoms with Crippen LogP contribution in [-0.2, 0) is 0 Å². The Labute approximate surface area is 89.8 Å². The molecule has 0 radical (unpaired) electrons. The summed E-state index contributed by atoms with van der Waals surface area (Å²) in [7, 11) is 0. The first-order valence-corrected chi connectivity index (χ1v) is 4.47. The molecule has 5 heteroatoms. The molecule has 1 aromatic carbocycles. The van der Waals surface area contributed by atoms with Crippen molar-refractivity contribution in [2.75, 3.05) is 6.61 Å². The van der Waals surface area contributed by atoms with E-state index in [0.29, 0.717) is 5.02 Å². The first-order valence-electron chi connectivity index (χ1n) is 4.09. The van der Waals surface area contributed by atoms with E-state index in [-0.39, 0.29) is 5.56 Å². The maximum absolute atomic E-state index is 12.5. The molecule has 0 atom stereocenters. The highest BCUT2D eigenvalue weighted by Gasteiger charge is 2.34. The Kier molecular flexibility index (Phi) is 3.77. The number of hydrogen-bond acceptors (Lipinski definition) is 1. The summed E-state index contributed by atoms with van der Waals surface area (Å²) in [5.41, 5.74) is -0.873. The van der Waals surface area contributed by atoms with Gasteiger partial charge in [0.25, 0.3) is 0 Å². The van der Waals surface area contributed by atoms with Crippen LogP contribution in [0.5, 0.6) is 0 Å². The van der Waals surface area contributed by atoms with Gasteiger partial charge in [0.15, 0.2) is 0 Å². The minimum Gasteiger partial charge on any atom is -0.392 e. The van der Waals surface area contributed by atoms with Gasteiger partial charge in [-0.05, 0) is 23.8 Å². The third kappa shape index (κ3) is 3.25. The maximum atomic E-state index is 12.5. The number of aliphatic hydroxyl groups excluding tert-OH is 1. The largest absolute Gasteiger partial charge is 0.416 e. The normalized spacial score (nSPS) is 13.0. The van der Waals surface area contributed by atoms with Crippen molar-refractivity contribution >= 4 is 17.2 Å². The van der Waals surface area contributed by atoms with Crippen LogP contribution < -0.4 is 0 Å². The van der Waals surface area contributed by atoms with Gasteiger partial charge in [-0.25, -0.2) is 0 Å². The van der Waals surface area contributed by atoms with E-state index in [1.54, 1.807) is 0 Å². The topological polar surface area (TPSA) is 20.2 Å². The number of allylic oxidation sites excluding steroid dienone is 1. The molecule has 0 saturated carbocycles. The predicted octanol–water partition coefficient (Wildman–Crippen LogP) is 3.28. The lowest BCUT2D eigenvalue weighted by Crippen LogP contribution is -2.11. The molecule has 0 aliphatic carbocycles. The van der Waals surface area contributed by atoms with Crippen LogP contribution >= 0.6 is 11.6 Å². The van der Waals surface area contributed by atoms with Gasteiger partial charge in [0.2, 0.25) is 0 Å². The van der Waals surface area contributed by atoms with Crippen molar-refractivity contribution in [2.24, 2.45) is 0 Å². The van der Waals surface area contributed by atoms with Crippen molar-refractivity contribution in [1.29, 1.82) is 0 Å². The zero-order chi connectivity index (χ0) is 11.5. The second-order valence-electron chi connectivity index (χ2n) is 2.81. The lowest BCUT2D eigenvalue weighted by molar-refractivity contribution is -0.0692. The molecule has 1 nitrogen and oxygen atoms in total. The van der Waals surface area contributed by atoms with Crippen LogP contribution in [0.25, 0.3) is 5.57 Å². The minimum absolute atomic E-state index is 0.0130. The van der Waals surface area contributed by atoms with E-state index in [0.717, 1.165) is 6.08 Å². The molecule has 0 saturated heterocycles. The summed E-state index contributed by atoms with van der Waals surface area (Å²) in [5, 5.41) is 8.88. The van der Waals surface area contributed by atoms with Gasteiger partial charge in [0.05, 0.1) is 12.2 Å². The molecule has 82 valence electrons. The fraction of sp³-hybridized carbons (Fsp3) is 0.200. The first kappa shape index (κ1) is 12.1. The molecule has 0 unspecified atom stereocenters. The number of hydrogen-bond donors (Lipinski definition) is 1.